The summed E-state index contributed by atoms with van der Waals surface area (Å²) in [7, 11) is 0. The Bertz CT molecular complexity index is 1380. The summed E-state index contributed by atoms with van der Waals surface area (Å²) >= 11 is 1.36. The maximum absolute atomic E-state index is 13.2. The molecule has 0 aliphatic rings. The van der Waals surface area contributed by atoms with E-state index in [2.05, 4.69) is 4.98 Å². The lowest BCUT2D eigenvalue weighted by atomic mass is 10.2. The molecule has 0 radical (unpaired) electrons. The van der Waals surface area contributed by atoms with Gasteiger partial charge in [-0.05, 0) is 35.7 Å². The molecule has 2 aromatic carbocycles. The lowest BCUT2D eigenvalue weighted by molar-refractivity contribution is 0.773. The third-order valence-corrected chi connectivity index (χ3v) is 5.14. The van der Waals surface area contributed by atoms with Crippen molar-refractivity contribution in [3.05, 3.63) is 86.6 Å². The van der Waals surface area contributed by atoms with E-state index in [0.717, 1.165) is 5.69 Å². The molecule has 25 heavy (non-hydrogen) atoms. The molecule has 3 aromatic heterocycles. The molecule has 0 unspecified atom stereocenters. The van der Waals surface area contributed by atoms with Crippen molar-refractivity contribution in [1.82, 2.24) is 14.2 Å². The van der Waals surface area contributed by atoms with Crippen molar-refractivity contribution in [2.75, 3.05) is 0 Å². The van der Waals surface area contributed by atoms with Crippen LogP contribution >= 0.6 is 11.3 Å². The van der Waals surface area contributed by atoms with Crippen LogP contribution in [0.4, 0.5) is 0 Å². The Morgan fingerprint density at radius 2 is 1.64 bits per heavy atom. The zero-order valence-corrected chi connectivity index (χ0v) is 13.7. The first-order chi connectivity index (χ1) is 12.3. The first-order valence-electron chi connectivity index (χ1n) is 7.75. The summed E-state index contributed by atoms with van der Waals surface area (Å²) in [6, 6.07) is 18.5. The topological polar surface area (TPSA) is 56.4 Å². The number of para-hydroxylation sites is 2. The van der Waals surface area contributed by atoms with Crippen LogP contribution in [0, 0.1) is 0 Å². The summed E-state index contributed by atoms with van der Waals surface area (Å²) in [5.74, 6) is 0. The van der Waals surface area contributed by atoms with Crippen LogP contribution in [0.2, 0.25) is 0 Å². The Balaban J connectivity index is 2.15. The van der Waals surface area contributed by atoms with Crippen LogP contribution in [0.25, 0.3) is 32.5 Å². The van der Waals surface area contributed by atoms with E-state index in [1.54, 1.807) is 22.9 Å². The lowest BCUT2D eigenvalue weighted by Gasteiger charge is -2.14. The second-order valence-corrected chi connectivity index (χ2v) is 6.60. The minimum atomic E-state index is -0.255. The fraction of sp³-hybridized carbons (Fsp3) is 0. The third kappa shape index (κ3) is 1.91. The molecule has 0 fully saturated rings. The number of hydrogen-bond acceptors (Lipinski definition) is 4. The van der Waals surface area contributed by atoms with Crippen LogP contribution in [0.15, 0.2) is 75.6 Å². The minimum absolute atomic E-state index is 0.141. The van der Waals surface area contributed by atoms with E-state index in [1.165, 1.54) is 15.9 Å². The molecule has 0 N–H and O–H groups in total. The fourth-order valence-electron chi connectivity index (χ4n) is 3.13. The van der Waals surface area contributed by atoms with Gasteiger partial charge < -0.3 is 0 Å². The largest absolute Gasteiger partial charge is 0.284 e. The minimum Gasteiger partial charge on any atom is -0.284 e. The highest BCUT2D eigenvalue weighted by molar-refractivity contribution is 7.17. The molecule has 120 valence electrons. The normalized spacial score (nSPS) is 11.5. The van der Waals surface area contributed by atoms with Gasteiger partial charge in [-0.3, -0.25) is 9.59 Å². The molecule has 5 aromatic rings. The molecule has 0 aliphatic carbocycles. The standard InChI is InChI=1S/C19H11N3O2S/c23-16-17-15(10-11-25-17)21(12-6-2-1-3-7-12)22-18(16)20-14-9-5-4-8-13(14)19(22)24/h1-11H. The van der Waals surface area contributed by atoms with Crippen molar-refractivity contribution in [2.45, 2.75) is 0 Å². The van der Waals surface area contributed by atoms with E-state index < -0.39 is 0 Å². The van der Waals surface area contributed by atoms with Crippen molar-refractivity contribution in [2.24, 2.45) is 0 Å². The van der Waals surface area contributed by atoms with Crippen LogP contribution < -0.4 is 11.0 Å². The molecule has 5 rings (SSSR count). The number of nitrogens with zero attached hydrogens (tertiary/aromatic N) is 3. The first kappa shape index (κ1) is 14.1. The van der Waals surface area contributed by atoms with Gasteiger partial charge in [-0.15, -0.1) is 11.3 Å². The Hall–Kier alpha value is -3.25. The first-order valence-corrected chi connectivity index (χ1v) is 8.63. The van der Waals surface area contributed by atoms with Gasteiger partial charge in [-0.25, -0.2) is 9.67 Å². The number of hydrogen-bond donors (Lipinski definition) is 0. The van der Waals surface area contributed by atoms with Gasteiger partial charge in [-0.2, -0.15) is 4.52 Å². The van der Waals surface area contributed by atoms with E-state index in [4.69, 9.17) is 0 Å². The third-order valence-electron chi connectivity index (χ3n) is 4.24. The van der Waals surface area contributed by atoms with Crippen LogP contribution in [-0.4, -0.2) is 14.2 Å². The van der Waals surface area contributed by atoms with Crippen LogP contribution in [0.3, 0.4) is 0 Å². The molecular weight excluding hydrogens is 334 g/mol. The van der Waals surface area contributed by atoms with Crippen molar-refractivity contribution in [3.8, 4) is 5.69 Å². The number of thiophene rings is 1. The monoisotopic (exact) mass is 345 g/mol. The van der Waals surface area contributed by atoms with Crippen molar-refractivity contribution in [1.29, 1.82) is 0 Å². The van der Waals surface area contributed by atoms with Crippen LogP contribution in [-0.2, 0) is 0 Å². The number of fused-ring (bicyclic) bond motifs is 3. The van der Waals surface area contributed by atoms with Crippen molar-refractivity contribution >= 4 is 38.1 Å². The Morgan fingerprint density at radius 1 is 0.880 bits per heavy atom. The summed E-state index contributed by atoms with van der Waals surface area (Å²) in [4.78, 5) is 30.6. The Kier molecular flexibility index (Phi) is 2.89. The molecule has 6 heteroatoms. The lowest BCUT2D eigenvalue weighted by Crippen LogP contribution is -2.28. The van der Waals surface area contributed by atoms with Crippen molar-refractivity contribution in [3.63, 3.8) is 0 Å². The zero-order chi connectivity index (χ0) is 17.0. The predicted molar refractivity (Wildman–Crippen MR) is 99.9 cm³/mol. The highest BCUT2D eigenvalue weighted by Crippen LogP contribution is 2.22. The average molecular weight is 345 g/mol. The second-order valence-electron chi connectivity index (χ2n) is 5.68. The molecule has 0 atom stereocenters. The van der Waals surface area contributed by atoms with Gasteiger partial charge in [0.1, 0.15) is 4.70 Å². The van der Waals surface area contributed by atoms with E-state index in [9.17, 15) is 9.59 Å². The molecule has 5 nitrogen and oxygen atoms in total. The quantitative estimate of drug-likeness (QED) is 0.438. The summed E-state index contributed by atoms with van der Waals surface area (Å²) in [5, 5.41) is 2.34. The Labute approximate surface area is 145 Å². The van der Waals surface area contributed by atoms with E-state index in [1.807, 2.05) is 47.8 Å². The van der Waals surface area contributed by atoms with Gasteiger partial charge in [0, 0.05) is 0 Å². The predicted octanol–water partition coefficient (Wildman–Crippen LogP) is 3.21. The van der Waals surface area contributed by atoms with Gasteiger partial charge in [0.2, 0.25) is 11.1 Å². The molecule has 0 aliphatic heterocycles. The second kappa shape index (κ2) is 5.12. The van der Waals surface area contributed by atoms with Crippen molar-refractivity contribution < 1.29 is 0 Å². The van der Waals surface area contributed by atoms with Crippen LogP contribution in [0.1, 0.15) is 0 Å². The van der Waals surface area contributed by atoms with E-state index in [-0.39, 0.29) is 16.6 Å². The van der Waals surface area contributed by atoms with Gasteiger partial charge in [0.25, 0.3) is 5.56 Å². The van der Waals surface area contributed by atoms with Crippen LogP contribution in [0.5, 0.6) is 0 Å². The smallest absolute Gasteiger partial charge is 0.281 e. The zero-order valence-electron chi connectivity index (χ0n) is 12.9. The molecule has 0 saturated heterocycles. The van der Waals surface area contributed by atoms with Gasteiger partial charge in [-0.1, -0.05) is 30.3 Å². The molecule has 0 saturated carbocycles. The SMILES string of the molecule is O=c1c2sccc2n(-c2ccccc2)n2c(=O)c3ccccc3nc12. The Morgan fingerprint density at radius 3 is 2.48 bits per heavy atom. The molecule has 0 amide bonds. The summed E-state index contributed by atoms with van der Waals surface area (Å²) in [6.45, 7) is 0. The summed E-state index contributed by atoms with van der Waals surface area (Å²) in [6.07, 6.45) is 0. The van der Waals surface area contributed by atoms with Gasteiger partial charge >= 0.3 is 0 Å². The average Bonchev–Trinajstić information content (AvgIpc) is 3.14. The molecule has 0 bridgehead atoms. The van der Waals surface area contributed by atoms with E-state index >= 15 is 0 Å². The number of aromatic nitrogens is 3. The molecular formula is C19H11N3O2S. The maximum atomic E-state index is 13.2. The number of rotatable bonds is 1. The number of benzene rings is 2. The summed E-state index contributed by atoms with van der Waals surface area (Å²) in [5.41, 5.74) is 1.69. The molecule has 3 heterocycles. The highest BCUT2D eigenvalue weighted by atomic mass is 32.1. The van der Waals surface area contributed by atoms with Gasteiger partial charge in [0.15, 0.2) is 0 Å². The maximum Gasteiger partial charge on any atom is 0.281 e. The fourth-order valence-corrected chi connectivity index (χ4v) is 3.94. The highest BCUT2D eigenvalue weighted by Gasteiger charge is 2.17. The summed E-state index contributed by atoms with van der Waals surface area (Å²) < 4.78 is 3.74. The molecule has 0 spiro atoms. The van der Waals surface area contributed by atoms with E-state index in [0.29, 0.717) is 21.1 Å². The van der Waals surface area contributed by atoms with Gasteiger partial charge in [0.05, 0.1) is 22.1 Å².